The van der Waals surface area contributed by atoms with Gasteiger partial charge in [-0.15, -0.1) is 0 Å². The van der Waals surface area contributed by atoms with Crippen molar-refractivity contribution in [2.45, 2.75) is 96.2 Å². The van der Waals surface area contributed by atoms with Crippen molar-refractivity contribution in [2.24, 2.45) is 0 Å². The Morgan fingerprint density at radius 2 is 1.38 bits per heavy atom. The smallest absolute Gasteiger partial charge is 0.400 e. The van der Waals surface area contributed by atoms with Crippen LogP contribution in [0.4, 0.5) is 0 Å². The molecular formula is C17H32O6S. The highest BCUT2D eigenvalue weighted by atomic mass is 32.3. The van der Waals surface area contributed by atoms with Gasteiger partial charge in [-0.2, -0.15) is 8.42 Å². The van der Waals surface area contributed by atoms with Crippen LogP contribution in [0, 0.1) is 0 Å². The topological polar surface area (TPSA) is 78.9 Å². The van der Waals surface area contributed by atoms with Gasteiger partial charge in [0.15, 0.2) is 0 Å². The van der Waals surface area contributed by atoms with Gasteiger partial charge in [0.05, 0.1) is 7.11 Å². The second-order valence-corrected chi connectivity index (χ2v) is 7.61. The van der Waals surface area contributed by atoms with Crippen molar-refractivity contribution in [3.05, 3.63) is 0 Å². The molecule has 0 aromatic heterocycles. The maximum Gasteiger partial charge on any atom is 0.400 e. The zero-order chi connectivity index (χ0) is 17.8. The lowest BCUT2D eigenvalue weighted by Crippen LogP contribution is -2.22. The van der Waals surface area contributed by atoms with E-state index < -0.39 is 22.6 Å². The number of carbonyl (C=O) groups excluding carboxylic acids is 1. The average Bonchev–Trinajstić information content (AvgIpc) is 2.83. The molecule has 0 amide bonds. The molecule has 142 valence electrons. The van der Waals surface area contributed by atoms with Crippen LogP contribution in [-0.2, 0) is 28.3 Å². The van der Waals surface area contributed by atoms with Crippen LogP contribution in [0.5, 0.6) is 0 Å². The quantitative estimate of drug-likeness (QED) is 0.364. The van der Waals surface area contributed by atoms with E-state index in [1.807, 2.05) is 0 Å². The number of unbranched alkanes of at least 4 members (excludes halogenated alkanes) is 7. The molecule has 1 aliphatic rings. The molecule has 0 unspecified atom stereocenters. The molecule has 1 rings (SSSR count). The van der Waals surface area contributed by atoms with Gasteiger partial charge in [0.25, 0.3) is 0 Å². The molecule has 6 nitrogen and oxygen atoms in total. The standard InChI is InChI=1S/C17H32O6S/c1-3-4-5-6-7-8-9-10-12-15-16(23-24(19,20)22-15)13-11-14-17(18)21-2/h15-16H,3-14H2,1-2H3/t15-,16-/m0/s1. The van der Waals surface area contributed by atoms with E-state index in [1.54, 1.807) is 0 Å². The summed E-state index contributed by atoms with van der Waals surface area (Å²) in [5.74, 6) is -0.295. The van der Waals surface area contributed by atoms with Gasteiger partial charge in [-0.1, -0.05) is 58.3 Å². The average molecular weight is 365 g/mol. The van der Waals surface area contributed by atoms with Crippen LogP contribution in [0.25, 0.3) is 0 Å². The SMILES string of the molecule is CCCCCCCCCC[C@@H]1OS(=O)(=O)O[C@H]1CCCC(=O)OC. The Morgan fingerprint density at radius 3 is 1.92 bits per heavy atom. The molecule has 0 bridgehead atoms. The van der Waals surface area contributed by atoms with Crippen molar-refractivity contribution in [2.75, 3.05) is 7.11 Å². The summed E-state index contributed by atoms with van der Waals surface area (Å²) < 4.78 is 37.6. The highest BCUT2D eigenvalue weighted by Gasteiger charge is 2.39. The number of carbonyl (C=O) groups is 1. The molecule has 7 heteroatoms. The van der Waals surface area contributed by atoms with E-state index >= 15 is 0 Å². The molecule has 0 radical (unpaired) electrons. The Hall–Kier alpha value is -0.660. The van der Waals surface area contributed by atoms with Gasteiger partial charge in [0, 0.05) is 6.42 Å². The highest BCUT2D eigenvalue weighted by Crippen LogP contribution is 2.28. The minimum absolute atomic E-state index is 0.265. The first-order valence-electron chi connectivity index (χ1n) is 9.17. The van der Waals surface area contributed by atoms with Crippen LogP contribution < -0.4 is 0 Å². The number of methoxy groups -OCH3 is 1. The Labute approximate surface area is 146 Å². The third kappa shape index (κ3) is 8.99. The fourth-order valence-corrected chi connectivity index (χ4v) is 4.04. The van der Waals surface area contributed by atoms with Gasteiger partial charge < -0.3 is 4.74 Å². The van der Waals surface area contributed by atoms with E-state index in [-0.39, 0.29) is 12.4 Å². The van der Waals surface area contributed by atoms with E-state index in [9.17, 15) is 13.2 Å². The van der Waals surface area contributed by atoms with Gasteiger partial charge in [0.2, 0.25) is 0 Å². The van der Waals surface area contributed by atoms with Crippen LogP contribution in [0.15, 0.2) is 0 Å². The Kier molecular flexibility index (Phi) is 10.5. The molecular weight excluding hydrogens is 332 g/mol. The maximum atomic E-state index is 11.5. The normalized spacial score (nSPS) is 22.6. The molecule has 0 aromatic rings. The fourth-order valence-electron chi connectivity index (χ4n) is 2.95. The van der Waals surface area contributed by atoms with Crippen molar-refractivity contribution in [3.8, 4) is 0 Å². The first-order chi connectivity index (χ1) is 11.5. The summed E-state index contributed by atoms with van der Waals surface area (Å²) in [5.41, 5.74) is 0. The van der Waals surface area contributed by atoms with E-state index in [1.165, 1.54) is 45.6 Å². The molecule has 1 fully saturated rings. The first kappa shape index (κ1) is 21.4. The summed E-state index contributed by atoms with van der Waals surface area (Å²) in [6, 6.07) is 0. The van der Waals surface area contributed by atoms with Crippen LogP contribution in [0.1, 0.15) is 84.0 Å². The number of hydrogen-bond donors (Lipinski definition) is 0. The number of hydrogen-bond acceptors (Lipinski definition) is 6. The zero-order valence-electron chi connectivity index (χ0n) is 15.0. The lowest BCUT2D eigenvalue weighted by molar-refractivity contribution is -0.140. The molecule has 0 spiro atoms. The Morgan fingerprint density at radius 1 is 0.875 bits per heavy atom. The van der Waals surface area contributed by atoms with Crippen molar-refractivity contribution < 1.29 is 26.3 Å². The molecule has 1 heterocycles. The lowest BCUT2D eigenvalue weighted by Gasteiger charge is -2.14. The molecule has 0 N–H and O–H groups in total. The number of rotatable bonds is 13. The van der Waals surface area contributed by atoms with Crippen molar-refractivity contribution in [1.29, 1.82) is 0 Å². The van der Waals surface area contributed by atoms with Crippen molar-refractivity contribution in [1.82, 2.24) is 0 Å². The molecule has 1 saturated heterocycles. The molecule has 2 atom stereocenters. The monoisotopic (exact) mass is 364 g/mol. The molecule has 24 heavy (non-hydrogen) atoms. The second kappa shape index (κ2) is 11.8. The number of ether oxygens (including phenoxy) is 1. The van der Waals surface area contributed by atoms with Gasteiger partial charge in [-0.25, -0.2) is 8.37 Å². The van der Waals surface area contributed by atoms with Crippen molar-refractivity contribution in [3.63, 3.8) is 0 Å². The van der Waals surface area contributed by atoms with Gasteiger partial charge in [0.1, 0.15) is 12.2 Å². The van der Waals surface area contributed by atoms with E-state index in [2.05, 4.69) is 11.7 Å². The van der Waals surface area contributed by atoms with Crippen LogP contribution in [0.2, 0.25) is 0 Å². The van der Waals surface area contributed by atoms with Crippen LogP contribution in [0.3, 0.4) is 0 Å². The summed E-state index contributed by atoms with van der Waals surface area (Å²) in [6.45, 7) is 2.21. The molecule has 1 aliphatic heterocycles. The minimum atomic E-state index is -3.87. The fraction of sp³-hybridized carbons (Fsp3) is 0.941. The van der Waals surface area contributed by atoms with Gasteiger partial charge >= 0.3 is 16.4 Å². The summed E-state index contributed by atoms with van der Waals surface area (Å²) >= 11 is 0. The summed E-state index contributed by atoms with van der Waals surface area (Å²) in [5, 5.41) is 0. The van der Waals surface area contributed by atoms with Gasteiger partial charge in [-0.05, 0) is 19.3 Å². The van der Waals surface area contributed by atoms with Crippen LogP contribution >= 0.6 is 0 Å². The first-order valence-corrected chi connectivity index (χ1v) is 10.5. The second-order valence-electron chi connectivity index (χ2n) is 6.41. The van der Waals surface area contributed by atoms with E-state index in [4.69, 9.17) is 8.37 Å². The van der Waals surface area contributed by atoms with E-state index in [0.29, 0.717) is 19.3 Å². The van der Waals surface area contributed by atoms with Gasteiger partial charge in [-0.3, -0.25) is 4.79 Å². The summed E-state index contributed by atoms with van der Waals surface area (Å²) in [4.78, 5) is 11.1. The molecule has 0 aromatic carbocycles. The predicted molar refractivity (Wildman–Crippen MR) is 91.8 cm³/mol. The largest absolute Gasteiger partial charge is 0.469 e. The van der Waals surface area contributed by atoms with Crippen LogP contribution in [-0.4, -0.2) is 33.7 Å². The zero-order valence-corrected chi connectivity index (χ0v) is 15.8. The third-order valence-electron chi connectivity index (χ3n) is 4.34. The Bertz CT molecular complexity index is 448. The third-order valence-corrected chi connectivity index (χ3v) is 5.30. The Balaban J connectivity index is 2.21. The number of esters is 1. The lowest BCUT2D eigenvalue weighted by atomic mass is 10.0. The highest BCUT2D eigenvalue weighted by molar-refractivity contribution is 7.82. The maximum absolute atomic E-state index is 11.5. The summed E-state index contributed by atoms with van der Waals surface area (Å²) in [6.07, 6.45) is 10.6. The summed E-state index contributed by atoms with van der Waals surface area (Å²) in [7, 11) is -2.53. The minimum Gasteiger partial charge on any atom is -0.469 e. The van der Waals surface area contributed by atoms with E-state index in [0.717, 1.165) is 12.8 Å². The molecule has 0 aliphatic carbocycles. The van der Waals surface area contributed by atoms with Crippen molar-refractivity contribution >= 4 is 16.4 Å². The molecule has 0 saturated carbocycles. The predicted octanol–water partition coefficient (Wildman–Crippen LogP) is 3.89.